The lowest BCUT2D eigenvalue weighted by Crippen LogP contribution is -2.60. The molecule has 0 bridgehead atoms. The van der Waals surface area contributed by atoms with Crippen LogP contribution >= 0.6 is 0 Å². The third kappa shape index (κ3) is 1.48. The lowest BCUT2D eigenvalue weighted by Gasteiger charge is -2.54. The van der Waals surface area contributed by atoms with Crippen LogP contribution in [0.4, 0.5) is 0 Å². The maximum atomic E-state index is 9.74. The van der Waals surface area contributed by atoms with E-state index in [1.807, 2.05) is 0 Å². The van der Waals surface area contributed by atoms with Crippen molar-refractivity contribution in [2.45, 2.75) is 31.3 Å². The highest BCUT2D eigenvalue weighted by atomic mass is 16.3. The summed E-state index contributed by atoms with van der Waals surface area (Å²) in [6.07, 6.45) is 5.42. The number of nitrogens with two attached hydrogens (primary N) is 1. The van der Waals surface area contributed by atoms with E-state index in [-0.39, 0.29) is 0 Å². The largest absolute Gasteiger partial charge is 0.402 e. The second kappa shape index (κ2) is 3.08. The first-order valence-electron chi connectivity index (χ1n) is 6.02. The average Bonchev–Trinajstić information content (AvgIpc) is 2.79. The van der Waals surface area contributed by atoms with E-state index >= 15 is 0 Å². The predicted molar refractivity (Wildman–Crippen MR) is 62.2 cm³/mol. The van der Waals surface area contributed by atoms with E-state index < -0.39 is 5.60 Å². The topological polar surface area (TPSA) is 82.1 Å². The zero-order chi connectivity index (χ0) is 11.4. The van der Waals surface area contributed by atoms with Crippen LogP contribution in [0.2, 0.25) is 0 Å². The molecule has 0 aromatic carbocycles. The molecular formula is C12H19N3O. The molecule has 1 spiro atoms. The van der Waals surface area contributed by atoms with E-state index in [1.165, 1.54) is 0 Å². The van der Waals surface area contributed by atoms with Crippen LogP contribution in [0.15, 0.2) is 11.8 Å². The van der Waals surface area contributed by atoms with Gasteiger partial charge in [0, 0.05) is 18.8 Å². The highest BCUT2D eigenvalue weighted by Crippen LogP contribution is 2.50. The van der Waals surface area contributed by atoms with Crippen LogP contribution in [0.1, 0.15) is 25.7 Å². The molecule has 2 saturated carbocycles. The monoisotopic (exact) mass is 221 g/mol. The molecule has 3 fully saturated rings. The van der Waals surface area contributed by atoms with Gasteiger partial charge in [-0.2, -0.15) is 0 Å². The van der Waals surface area contributed by atoms with E-state index in [0.717, 1.165) is 31.6 Å². The van der Waals surface area contributed by atoms with Crippen molar-refractivity contribution in [1.82, 2.24) is 5.32 Å². The fourth-order valence-corrected chi connectivity index (χ4v) is 2.80. The van der Waals surface area contributed by atoms with Gasteiger partial charge in [0.2, 0.25) is 0 Å². The zero-order valence-electron chi connectivity index (χ0n) is 9.42. The van der Waals surface area contributed by atoms with Gasteiger partial charge in [-0.3, -0.25) is 0 Å². The Bertz CT molecular complexity index is 358. The molecular weight excluding hydrogens is 202 g/mol. The third-order valence-corrected chi connectivity index (χ3v) is 4.37. The highest BCUT2D eigenvalue weighted by Gasteiger charge is 2.49. The third-order valence-electron chi connectivity index (χ3n) is 4.37. The standard InChI is InChI=1S/C12H19N3O/c13-9(3-10(14)12(16)1-2-12)8-4-11(5-8)6-15-7-11/h3,8,14-16H,1-2,4-7,13H2/b9-3-,14-10?. The summed E-state index contributed by atoms with van der Waals surface area (Å²) in [5, 5.41) is 20.8. The van der Waals surface area contributed by atoms with Crippen molar-refractivity contribution in [3.05, 3.63) is 11.8 Å². The van der Waals surface area contributed by atoms with Crippen LogP contribution in [0, 0.1) is 16.7 Å². The Hall–Kier alpha value is -0.870. The molecule has 4 heteroatoms. The van der Waals surface area contributed by atoms with Crippen molar-refractivity contribution in [1.29, 1.82) is 5.41 Å². The van der Waals surface area contributed by atoms with Gasteiger partial charge in [0.05, 0.1) is 5.71 Å². The number of hydrogen-bond acceptors (Lipinski definition) is 4. The van der Waals surface area contributed by atoms with Crippen molar-refractivity contribution >= 4 is 5.71 Å². The summed E-state index contributed by atoms with van der Waals surface area (Å²) in [5.41, 5.74) is 6.76. The molecule has 1 aliphatic heterocycles. The molecule has 0 aromatic rings. The van der Waals surface area contributed by atoms with Crippen LogP contribution in [-0.4, -0.2) is 29.5 Å². The molecule has 4 nitrogen and oxygen atoms in total. The van der Waals surface area contributed by atoms with E-state index in [1.54, 1.807) is 6.08 Å². The molecule has 3 aliphatic rings. The Morgan fingerprint density at radius 2 is 2.00 bits per heavy atom. The predicted octanol–water partition coefficient (Wildman–Crippen LogP) is 0.373. The summed E-state index contributed by atoms with van der Waals surface area (Å²) >= 11 is 0. The van der Waals surface area contributed by atoms with E-state index in [4.69, 9.17) is 11.1 Å². The maximum Gasteiger partial charge on any atom is 0.106 e. The Morgan fingerprint density at radius 1 is 1.38 bits per heavy atom. The minimum absolute atomic E-state index is 0.303. The molecule has 16 heavy (non-hydrogen) atoms. The van der Waals surface area contributed by atoms with Gasteiger partial charge in [0.1, 0.15) is 5.60 Å². The summed E-state index contributed by atoms with van der Waals surface area (Å²) in [6.45, 7) is 2.25. The van der Waals surface area contributed by atoms with Crippen LogP contribution in [-0.2, 0) is 0 Å². The van der Waals surface area contributed by atoms with Gasteiger partial charge in [0.25, 0.3) is 0 Å². The van der Waals surface area contributed by atoms with Gasteiger partial charge in [0.15, 0.2) is 0 Å². The molecule has 1 saturated heterocycles. The second-order valence-electron chi connectivity index (χ2n) is 5.80. The summed E-state index contributed by atoms with van der Waals surface area (Å²) in [7, 11) is 0. The van der Waals surface area contributed by atoms with Crippen molar-refractivity contribution in [3.8, 4) is 0 Å². The summed E-state index contributed by atoms with van der Waals surface area (Å²) in [4.78, 5) is 0. The average molecular weight is 221 g/mol. The van der Waals surface area contributed by atoms with Gasteiger partial charge in [-0.15, -0.1) is 0 Å². The maximum absolute atomic E-state index is 9.74. The lowest BCUT2D eigenvalue weighted by molar-refractivity contribution is 0.0168. The second-order valence-corrected chi connectivity index (χ2v) is 5.80. The quantitative estimate of drug-likeness (QED) is 0.520. The van der Waals surface area contributed by atoms with Gasteiger partial charge >= 0.3 is 0 Å². The molecule has 1 heterocycles. The Labute approximate surface area is 95.4 Å². The van der Waals surface area contributed by atoms with Crippen molar-refractivity contribution in [2.24, 2.45) is 17.1 Å². The SMILES string of the molecule is N=C(/C=C(\N)C1CC2(CNC2)C1)C1(O)CC1. The Kier molecular flexibility index (Phi) is 1.98. The first-order valence-corrected chi connectivity index (χ1v) is 6.02. The smallest absolute Gasteiger partial charge is 0.106 e. The molecule has 0 aromatic heterocycles. The van der Waals surface area contributed by atoms with Gasteiger partial charge in [-0.1, -0.05) is 0 Å². The normalized spacial score (nSPS) is 30.7. The summed E-state index contributed by atoms with van der Waals surface area (Å²) in [5.74, 6) is 0.435. The molecule has 2 aliphatic carbocycles. The molecule has 5 N–H and O–H groups in total. The number of nitrogens with one attached hydrogen (secondary N) is 2. The molecule has 3 rings (SSSR count). The minimum Gasteiger partial charge on any atom is -0.402 e. The molecule has 0 radical (unpaired) electrons. The zero-order valence-corrected chi connectivity index (χ0v) is 9.42. The number of rotatable bonds is 3. The molecule has 0 unspecified atom stereocenters. The molecule has 88 valence electrons. The summed E-state index contributed by atoms with van der Waals surface area (Å²) in [6, 6.07) is 0. The van der Waals surface area contributed by atoms with Crippen LogP contribution in [0.3, 0.4) is 0 Å². The first kappa shape index (κ1) is 10.3. The van der Waals surface area contributed by atoms with E-state index in [0.29, 0.717) is 29.9 Å². The van der Waals surface area contributed by atoms with Crippen molar-refractivity contribution in [2.75, 3.05) is 13.1 Å². The fourth-order valence-electron chi connectivity index (χ4n) is 2.80. The Morgan fingerprint density at radius 3 is 2.44 bits per heavy atom. The van der Waals surface area contributed by atoms with Crippen molar-refractivity contribution in [3.63, 3.8) is 0 Å². The van der Waals surface area contributed by atoms with Crippen molar-refractivity contribution < 1.29 is 5.11 Å². The lowest BCUT2D eigenvalue weighted by atomic mass is 9.57. The fraction of sp³-hybridized carbons (Fsp3) is 0.750. The number of aliphatic hydroxyl groups is 1. The van der Waals surface area contributed by atoms with E-state index in [9.17, 15) is 5.11 Å². The van der Waals surface area contributed by atoms with Crippen LogP contribution < -0.4 is 11.1 Å². The highest BCUT2D eigenvalue weighted by molar-refractivity contribution is 6.01. The van der Waals surface area contributed by atoms with Gasteiger partial charge in [-0.25, -0.2) is 0 Å². The van der Waals surface area contributed by atoms with Crippen LogP contribution in [0.5, 0.6) is 0 Å². The number of allylic oxidation sites excluding steroid dienone is 1. The summed E-state index contributed by atoms with van der Waals surface area (Å²) < 4.78 is 0. The van der Waals surface area contributed by atoms with Gasteiger partial charge in [-0.05, 0) is 43.1 Å². The van der Waals surface area contributed by atoms with Crippen LogP contribution in [0.25, 0.3) is 0 Å². The first-order chi connectivity index (χ1) is 7.53. The molecule has 0 amide bonds. The number of hydrogen-bond donors (Lipinski definition) is 4. The van der Waals surface area contributed by atoms with E-state index in [2.05, 4.69) is 5.32 Å². The Balaban J connectivity index is 1.59. The molecule has 0 atom stereocenters. The minimum atomic E-state index is -0.843. The van der Waals surface area contributed by atoms with Gasteiger partial charge < -0.3 is 21.6 Å².